The Morgan fingerprint density at radius 2 is 2.00 bits per heavy atom. The predicted octanol–water partition coefficient (Wildman–Crippen LogP) is -0.964. The van der Waals surface area contributed by atoms with Crippen LogP contribution in [0.15, 0.2) is 0 Å². The predicted molar refractivity (Wildman–Crippen MR) is 79.6 cm³/mol. The van der Waals surface area contributed by atoms with Crippen molar-refractivity contribution in [2.75, 3.05) is 38.8 Å². The zero-order chi connectivity index (χ0) is 14.8. The van der Waals surface area contributed by atoms with Crippen LogP contribution in [0.1, 0.15) is 12.8 Å². The molecule has 1 unspecified atom stereocenters. The monoisotopic (exact) mass is 322 g/mol. The number of hydrogen-bond donors (Lipinski definition) is 2. The van der Waals surface area contributed by atoms with Crippen LogP contribution in [0.3, 0.4) is 0 Å². The topological polar surface area (TPSA) is 81.8 Å². The van der Waals surface area contributed by atoms with E-state index in [9.17, 15) is 13.2 Å². The molecule has 116 valence electrons. The number of carbonyl (C=O) groups excluding carboxylic acids is 1. The summed E-state index contributed by atoms with van der Waals surface area (Å²) in [6.07, 6.45) is 1.33. The molecule has 1 amide bonds. The Labute approximate surface area is 124 Å². The second kappa shape index (κ2) is 6.61. The molecule has 2 aliphatic heterocycles. The van der Waals surface area contributed by atoms with Gasteiger partial charge in [0, 0.05) is 44.9 Å². The molecule has 0 saturated carbocycles. The van der Waals surface area contributed by atoms with Gasteiger partial charge in [-0.05, 0) is 12.8 Å². The molecule has 0 aromatic heterocycles. The summed E-state index contributed by atoms with van der Waals surface area (Å²) in [5, 5.41) is 3.17. The summed E-state index contributed by atoms with van der Waals surface area (Å²) in [6.45, 7) is 1.23. The first-order chi connectivity index (χ1) is 9.40. The lowest BCUT2D eigenvalue weighted by Gasteiger charge is -2.34. The molecule has 2 N–H and O–H groups in total. The fraction of sp³-hybridized carbons (Fsp3) is 0.909. The lowest BCUT2D eigenvalue weighted by Crippen LogP contribution is -2.52. The van der Waals surface area contributed by atoms with Gasteiger partial charge in [0.1, 0.15) is 0 Å². The third-order valence-electron chi connectivity index (χ3n) is 3.62. The zero-order valence-corrected chi connectivity index (χ0v) is 13.5. The van der Waals surface area contributed by atoms with E-state index in [-0.39, 0.29) is 18.0 Å². The summed E-state index contributed by atoms with van der Waals surface area (Å²) in [7, 11) is -0.378. The van der Waals surface area contributed by atoms with E-state index >= 15 is 0 Å². The van der Waals surface area contributed by atoms with E-state index in [1.807, 2.05) is 4.90 Å². The average Bonchev–Trinajstić information content (AvgIpc) is 2.92. The van der Waals surface area contributed by atoms with Crippen LogP contribution in [-0.4, -0.2) is 74.4 Å². The van der Waals surface area contributed by atoms with Gasteiger partial charge in [0.05, 0.1) is 6.04 Å². The van der Waals surface area contributed by atoms with Crippen molar-refractivity contribution in [1.82, 2.24) is 19.2 Å². The number of nitrogens with zero attached hydrogens (tertiary/aromatic N) is 2. The summed E-state index contributed by atoms with van der Waals surface area (Å²) < 4.78 is 27.3. The smallest absolute Gasteiger partial charge is 0.279 e. The molecule has 20 heavy (non-hydrogen) atoms. The Balaban J connectivity index is 1.82. The van der Waals surface area contributed by atoms with Gasteiger partial charge in [-0.3, -0.25) is 10.1 Å². The molecular weight excluding hydrogens is 300 g/mol. The van der Waals surface area contributed by atoms with Crippen molar-refractivity contribution in [3.63, 3.8) is 0 Å². The number of thioether (sulfide) groups is 1. The molecule has 7 nitrogen and oxygen atoms in total. The highest BCUT2D eigenvalue weighted by atomic mass is 32.2. The Morgan fingerprint density at radius 1 is 1.35 bits per heavy atom. The first-order valence-electron chi connectivity index (χ1n) is 6.70. The summed E-state index contributed by atoms with van der Waals surface area (Å²) in [4.78, 5) is 14.0. The number of nitrogens with one attached hydrogen (secondary N) is 2. The van der Waals surface area contributed by atoms with Crippen molar-refractivity contribution in [2.45, 2.75) is 24.9 Å². The lowest BCUT2D eigenvalue weighted by atomic mass is 10.1. The maximum absolute atomic E-state index is 12.2. The van der Waals surface area contributed by atoms with Crippen LogP contribution in [0.5, 0.6) is 0 Å². The lowest BCUT2D eigenvalue weighted by molar-refractivity contribution is -0.133. The number of piperidine rings is 1. The standard InChI is InChI=1S/C11H22N4O3S2/c1-14(2)20(17,18)13-9-3-5-15(6-4-9)11(16)10-7-19-8-12-10/h9-10,12-13H,3-8H2,1-2H3. The third kappa shape index (κ3) is 3.85. The van der Waals surface area contributed by atoms with E-state index in [4.69, 9.17) is 0 Å². The van der Waals surface area contributed by atoms with E-state index in [1.165, 1.54) is 18.4 Å². The Hall–Kier alpha value is -0.350. The van der Waals surface area contributed by atoms with E-state index < -0.39 is 10.2 Å². The molecule has 0 radical (unpaired) electrons. The fourth-order valence-corrected chi connectivity index (χ4v) is 4.11. The van der Waals surface area contributed by atoms with Crippen molar-refractivity contribution in [3.05, 3.63) is 0 Å². The van der Waals surface area contributed by atoms with Crippen LogP contribution in [0, 0.1) is 0 Å². The molecular formula is C11H22N4O3S2. The minimum Gasteiger partial charge on any atom is -0.341 e. The normalized spacial score (nSPS) is 25.4. The van der Waals surface area contributed by atoms with E-state index in [0.29, 0.717) is 25.9 Å². The summed E-state index contributed by atoms with van der Waals surface area (Å²) in [6, 6.07) is -0.160. The molecule has 0 bridgehead atoms. The second-order valence-corrected chi connectivity index (χ2v) is 8.22. The van der Waals surface area contributed by atoms with Crippen molar-refractivity contribution < 1.29 is 13.2 Å². The highest BCUT2D eigenvalue weighted by Crippen LogP contribution is 2.16. The van der Waals surface area contributed by atoms with Crippen LogP contribution >= 0.6 is 11.8 Å². The molecule has 2 fully saturated rings. The summed E-state index contributed by atoms with van der Waals surface area (Å²) in [5.74, 6) is 1.80. The molecule has 2 heterocycles. The largest absolute Gasteiger partial charge is 0.341 e. The first-order valence-corrected chi connectivity index (χ1v) is 9.29. The second-order valence-electron chi connectivity index (χ2n) is 5.28. The number of hydrogen-bond acceptors (Lipinski definition) is 5. The van der Waals surface area contributed by atoms with Crippen molar-refractivity contribution in [2.24, 2.45) is 0 Å². The maximum Gasteiger partial charge on any atom is 0.279 e. The van der Waals surface area contributed by atoms with Crippen LogP contribution in [0.2, 0.25) is 0 Å². The van der Waals surface area contributed by atoms with Gasteiger partial charge in [0.15, 0.2) is 0 Å². The number of rotatable bonds is 4. The summed E-state index contributed by atoms with van der Waals surface area (Å²) in [5.41, 5.74) is 0. The van der Waals surface area contributed by atoms with Crippen LogP contribution in [0.25, 0.3) is 0 Å². The number of carbonyl (C=O) groups is 1. The number of likely N-dealkylation sites (tertiary alicyclic amines) is 1. The van der Waals surface area contributed by atoms with Crippen molar-refractivity contribution in [1.29, 1.82) is 0 Å². The Kier molecular flexibility index (Phi) is 5.30. The third-order valence-corrected chi connectivity index (χ3v) is 6.15. The first kappa shape index (κ1) is 16.0. The van der Waals surface area contributed by atoms with Gasteiger partial charge >= 0.3 is 0 Å². The van der Waals surface area contributed by atoms with Crippen molar-refractivity contribution >= 4 is 27.9 Å². The average molecular weight is 322 g/mol. The molecule has 2 aliphatic rings. The Morgan fingerprint density at radius 3 is 2.50 bits per heavy atom. The van der Waals surface area contributed by atoms with E-state index in [0.717, 1.165) is 11.6 Å². The van der Waals surface area contributed by atoms with Gasteiger partial charge in [-0.1, -0.05) is 0 Å². The zero-order valence-electron chi connectivity index (χ0n) is 11.8. The van der Waals surface area contributed by atoms with Gasteiger partial charge in [-0.2, -0.15) is 17.4 Å². The highest BCUT2D eigenvalue weighted by Gasteiger charge is 2.31. The van der Waals surface area contributed by atoms with Gasteiger partial charge in [0.2, 0.25) is 5.91 Å². The van der Waals surface area contributed by atoms with Gasteiger partial charge in [-0.15, -0.1) is 11.8 Å². The van der Waals surface area contributed by atoms with Crippen LogP contribution in [0.4, 0.5) is 0 Å². The minimum absolute atomic E-state index is 0.0741. The molecule has 0 aromatic rings. The minimum atomic E-state index is -3.39. The molecule has 0 aromatic carbocycles. The van der Waals surface area contributed by atoms with Crippen LogP contribution in [-0.2, 0) is 15.0 Å². The summed E-state index contributed by atoms with van der Waals surface area (Å²) >= 11 is 1.73. The molecule has 1 atom stereocenters. The van der Waals surface area contributed by atoms with Gasteiger partial charge in [0.25, 0.3) is 10.2 Å². The molecule has 0 spiro atoms. The number of amides is 1. The molecule has 2 saturated heterocycles. The van der Waals surface area contributed by atoms with Gasteiger partial charge < -0.3 is 4.90 Å². The molecule has 9 heteroatoms. The van der Waals surface area contributed by atoms with E-state index in [1.54, 1.807) is 11.8 Å². The van der Waals surface area contributed by atoms with E-state index in [2.05, 4.69) is 10.0 Å². The van der Waals surface area contributed by atoms with Crippen LogP contribution < -0.4 is 10.0 Å². The van der Waals surface area contributed by atoms with Crippen molar-refractivity contribution in [3.8, 4) is 0 Å². The quantitative estimate of drug-likeness (QED) is 0.696. The molecule has 2 rings (SSSR count). The SMILES string of the molecule is CN(C)S(=O)(=O)NC1CCN(C(=O)C2CSCN2)CC1. The fourth-order valence-electron chi connectivity index (χ4n) is 2.31. The highest BCUT2D eigenvalue weighted by molar-refractivity contribution is 7.99. The Bertz CT molecular complexity index is 441. The maximum atomic E-state index is 12.2. The molecule has 0 aliphatic carbocycles. The van der Waals surface area contributed by atoms with Gasteiger partial charge in [-0.25, -0.2) is 0 Å².